The Morgan fingerprint density at radius 2 is 1.50 bits per heavy atom. The second kappa shape index (κ2) is 11.7. The van der Waals surface area contributed by atoms with Gasteiger partial charge in [-0.2, -0.15) is 0 Å². The van der Waals surface area contributed by atoms with Gasteiger partial charge in [0.2, 0.25) is 5.88 Å². The fourth-order valence-corrected chi connectivity index (χ4v) is 13.3. The Labute approximate surface area is 308 Å². The Balaban J connectivity index is 1.66. The largest absolute Gasteiger partial charge is 0.510 e. The SMILES string of the molecule is COc1cc2c3c(c4c(c(OC(=O)CCl)c3c1OC)C(=O)[C@]1(CCc3cc5cc(C)nc(OC)c5c(OC)c31)C4=O)O[Si](C(C)(C)C)(C(C)(C)C)O2. The number of ether oxygens (including phenoxy) is 5. The predicted octanol–water partition coefficient (Wildman–Crippen LogP) is 7.95. The number of benzene rings is 3. The van der Waals surface area contributed by atoms with Crippen LogP contribution in [0.4, 0.5) is 0 Å². The Kier molecular flexibility index (Phi) is 8.08. The number of methoxy groups -OCH3 is 4. The van der Waals surface area contributed by atoms with Crippen molar-refractivity contribution in [3.05, 3.63) is 46.1 Å². The highest BCUT2D eigenvalue weighted by Crippen LogP contribution is 2.65. The molecule has 52 heavy (non-hydrogen) atoms. The zero-order valence-corrected chi connectivity index (χ0v) is 33.0. The van der Waals surface area contributed by atoms with E-state index in [-0.39, 0.29) is 45.9 Å². The van der Waals surface area contributed by atoms with Crippen molar-refractivity contribution >= 4 is 59.2 Å². The zero-order valence-electron chi connectivity index (χ0n) is 31.3. The first-order valence-corrected chi connectivity index (χ1v) is 19.4. The number of rotatable bonds is 6. The minimum atomic E-state index is -3.46. The van der Waals surface area contributed by atoms with Crippen LogP contribution in [0.2, 0.25) is 10.1 Å². The maximum Gasteiger partial charge on any atom is 0.471 e. The average molecular weight is 748 g/mol. The standard InChI is InChI=1S/C39H42ClNO10Si/c1-18-14-20-15-19-12-13-39(29(19)33(47-10)24(20)36(41-18)48-11)34(43)27-28(35(39)44)32-25-21(50-52(51-32,37(2,3)4)38(5,6)7)16-22(45-8)30(46-9)26(25)31(27)49-23(42)17-40/h14-16H,12-13,17H2,1-11H3/t39-/m1/s1. The number of fused-ring (bicyclic) bond motifs is 5. The summed E-state index contributed by atoms with van der Waals surface area (Å²) in [5, 5.41) is 0.764. The summed E-state index contributed by atoms with van der Waals surface area (Å²) >= 11 is 6.00. The summed E-state index contributed by atoms with van der Waals surface area (Å²) in [6.07, 6.45) is 0.539. The lowest BCUT2D eigenvalue weighted by Gasteiger charge is -2.50. The lowest BCUT2D eigenvalue weighted by Crippen LogP contribution is -2.63. The van der Waals surface area contributed by atoms with E-state index in [9.17, 15) is 4.79 Å². The molecule has 2 heterocycles. The smallest absolute Gasteiger partial charge is 0.471 e. The average Bonchev–Trinajstić information content (AvgIpc) is 3.58. The first kappa shape index (κ1) is 35.8. The molecular weight excluding hydrogens is 706 g/mol. The molecule has 11 nitrogen and oxygen atoms in total. The molecule has 0 saturated carbocycles. The van der Waals surface area contributed by atoms with Crippen molar-refractivity contribution < 1.29 is 46.9 Å². The van der Waals surface area contributed by atoms with Crippen LogP contribution >= 0.6 is 11.6 Å². The summed E-state index contributed by atoms with van der Waals surface area (Å²) in [7, 11) is 2.47. The van der Waals surface area contributed by atoms with Gasteiger partial charge in [0, 0.05) is 27.4 Å². The van der Waals surface area contributed by atoms with Gasteiger partial charge in [-0.1, -0.05) is 47.6 Å². The van der Waals surface area contributed by atoms with Crippen molar-refractivity contribution in [2.24, 2.45) is 0 Å². The maximum atomic E-state index is 15.6. The second-order valence-electron chi connectivity index (χ2n) is 15.6. The molecule has 1 spiro atoms. The minimum Gasteiger partial charge on any atom is -0.510 e. The molecule has 0 unspecified atom stereocenters. The molecule has 7 rings (SSSR count). The van der Waals surface area contributed by atoms with E-state index in [1.54, 1.807) is 6.07 Å². The molecule has 0 saturated heterocycles. The van der Waals surface area contributed by atoms with E-state index in [0.717, 1.165) is 16.6 Å². The van der Waals surface area contributed by atoms with Crippen LogP contribution in [0.3, 0.4) is 0 Å². The number of carbonyl (C=O) groups is 3. The summed E-state index contributed by atoms with van der Waals surface area (Å²) in [5.74, 6) is -0.970. The molecule has 1 aliphatic heterocycles. The van der Waals surface area contributed by atoms with E-state index in [2.05, 4.69) is 4.98 Å². The molecule has 2 aliphatic carbocycles. The van der Waals surface area contributed by atoms with Crippen LogP contribution in [0.25, 0.3) is 21.5 Å². The van der Waals surface area contributed by atoms with E-state index in [4.69, 9.17) is 44.1 Å². The molecule has 0 N–H and O–H groups in total. The van der Waals surface area contributed by atoms with Gasteiger partial charge in [0.1, 0.15) is 28.5 Å². The van der Waals surface area contributed by atoms with E-state index in [0.29, 0.717) is 40.1 Å². The van der Waals surface area contributed by atoms with Crippen LogP contribution in [0.5, 0.6) is 40.4 Å². The van der Waals surface area contributed by atoms with Gasteiger partial charge < -0.3 is 32.5 Å². The highest BCUT2D eigenvalue weighted by Gasteiger charge is 2.67. The summed E-state index contributed by atoms with van der Waals surface area (Å²) in [6.45, 7) is 14.1. The number of halogens is 1. The second-order valence-corrected chi connectivity index (χ2v) is 20.5. The van der Waals surface area contributed by atoms with Gasteiger partial charge in [0.15, 0.2) is 28.8 Å². The fourth-order valence-electron chi connectivity index (χ4n) is 8.80. The molecular formula is C39H42ClNO10Si. The van der Waals surface area contributed by atoms with Crippen molar-refractivity contribution in [3.8, 4) is 40.4 Å². The number of nitrogens with zero attached hydrogens (tertiary/aromatic N) is 1. The number of aromatic nitrogens is 1. The van der Waals surface area contributed by atoms with E-state index in [1.165, 1.54) is 28.4 Å². The maximum absolute atomic E-state index is 15.6. The fraction of sp³-hybridized carbons (Fsp3) is 0.436. The predicted molar refractivity (Wildman–Crippen MR) is 198 cm³/mol. The summed E-state index contributed by atoms with van der Waals surface area (Å²) < 4.78 is 43.7. The molecule has 0 bridgehead atoms. The lowest BCUT2D eigenvalue weighted by atomic mass is 9.76. The van der Waals surface area contributed by atoms with Crippen molar-refractivity contribution in [1.29, 1.82) is 0 Å². The quantitative estimate of drug-likeness (QED) is 0.0627. The Bertz CT molecular complexity index is 2260. The third kappa shape index (κ3) is 4.49. The van der Waals surface area contributed by atoms with E-state index >= 15 is 9.59 Å². The zero-order chi connectivity index (χ0) is 37.9. The number of ketones is 2. The van der Waals surface area contributed by atoms with Crippen molar-refractivity contribution in [3.63, 3.8) is 0 Å². The molecule has 4 aromatic rings. The molecule has 274 valence electrons. The van der Waals surface area contributed by atoms with Crippen LogP contribution in [0, 0.1) is 6.92 Å². The third-order valence-corrected chi connectivity index (χ3v) is 15.8. The van der Waals surface area contributed by atoms with Crippen LogP contribution in [0.1, 0.15) is 85.5 Å². The van der Waals surface area contributed by atoms with Gasteiger partial charge in [-0.05, 0) is 36.8 Å². The summed E-state index contributed by atoms with van der Waals surface area (Å²) in [5.41, 5.74) is 0.106. The lowest BCUT2D eigenvalue weighted by molar-refractivity contribution is -0.131. The number of pyridine rings is 1. The summed E-state index contributed by atoms with van der Waals surface area (Å²) in [4.78, 5) is 48.8. The minimum absolute atomic E-state index is 0.0148. The molecule has 3 aromatic carbocycles. The number of esters is 1. The van der Waals surface area contributed by atoms with E-state index in [1.807, 2.05) is 60.6 Å². The molecule has 0 radical (unpaired) electrons. The van der Waals surface area contributed by atoms with Crippen LogP contribution < -0.4 is 32.5 Å². The molecule has 1 aromatic heterocycles. The highest BCUT2D eigenvalue weighted by atomic mass is 35.5. The molecule has 3 aliphatic rings. The monoisotopic (exact) mass is 747 g/mol. The van der Waals surface area contributed by atoms with Gasteiger partial charge in [-0.3, -0.25) is 14.4 Å². The van der Waals surface area contributed by atoms with Crippen LogP contribution in [-0.2, 0) is 16.6 Å². The van der Waals surface area contributed by atoms with E-state index < -0.39 is 47.5 Å². The van der Waals surface area contributed by atoms with Crippen molar-refractivity contribution in [1.82, 2.24) is 4.98 Å². The highest BCUT2D eigenvalue weighted by molar-refractivity contribution is 6.75. The Hall–Kier alpha value is -4.55. The Morgan fingerprint density at radius 3 is 2.08 bits per heavy atom. The number of alkyl halides is 1. The van der Waals surface area contributed by atoms with Gasteiger partial charge in [0.25, 0.3) is 0 Å². The van der Waals surface area contributed by atoms with Crippen LogP contribution in [-0.4, -0.2) is 65.4 Å². The number of hydrogen-bond donors (Lipinski definition) is 0. The Morgan fingerprint density at radius 1 is 0.846 bits per heavy atom. The molecule has 0 fully saturated rings. The topological polar surface area (TPSA) is 129 Å². The van der Waals surface area contributed by atoms with Crippen molar-refractivity contribution in [2.45, 2.75) is 76.8 Å². The number of Topliss-reactive ketones (excluding diaryl/α,β-unsaturated/α-hetero) is 2. The van der Waals surface area contributed by atoms with Crippen molar-refractivity contribution in [2.75, 3.05) is 34.3 Å². The van der Waals surface area contributed by atoms with Gasteiger partial charge in [-0.15, -0.1) is 11.6 Å². The molecule has 1 atom stereocenters. The normalized spacial score (nSPS) is 18.6. The van der Waals surface area contributed by atoms with Crippen LogP contribution in [0.15, 0.2) is 18.2 Å². The molecule has 0 amide bonds. The first-order valence-electron chi connectivity index (χ1n) is 17.0. The number of aryl methyl sites for hydroxylation is 2. The molecule has 13 heteroatoms. The number of hydrogen-bond acceptors (Lipinski definition) is 11. The summed E-state index contributed by atoms with van der Waals surface area (Å²) in [6, 6.07) is 5.58. The van der Waals surface area contributed by atoms with Gasteiger partial charge in [-0.25, -0.2) is 4.98 Å². The van der Waals surface area contributed by atoms with Gasteiger partial charge >= 0.3 is 14.5 Å². The number of carbonyl (C=O) groups excluding carboxylic acids is 3. The van der Waals surface area contributed by atoms with Gasteiger partial charge in [0.05, 0.1) is 55.7 Å². The first-order chi connectivity index (χ1) is 24.5. The third-order valence-electron chi connectivity index (χ3n) is 10.7.